The molecule has 2 aliphatic rings. The van der Waals surface area contributed by atoms with Crippen molar-refractivity contribution in [3.8, 4) is 0 Å². The highest BCUT2D eigenvalue weighted by Crippen LogP contribution is 2.48. The normalized spacial score (nSPS) is 26.5. The van der Waals surface area contributed by atoms with E-state index in [-0.39, 0.29) is 6.10 Å². The SMILES string of the molecule is C=c1cccc/c1=C(/C=C\C)O[C@@H]1c2ccccc2C[C@H]1C1CCC[C@@H](C)C1.CC. The monoisotopic (exact) mass is 402 g/mol. The van der Waals surface area contributed by atoms with Crippen molar-refractivity contribution in [3.63, 3.8) is 0 Å². The molecule has 0 saturated heterocycles. The maximum Gasteiger partial charge on any atom is 0.127 e. The summed E-state index contributed by atoms with van der Waals surface area (Å²) in [5.41, 5.74) is 2.85. The van der Waals surface area contributed by atoms with Crippen molar-refractivity contribution in [2.75, 3.05) is 0 Å². The molecular weight excluding hydrogens is 364 g/mol. The molecule has 0 bridgehead atoms. The Kier molecular flexibility index (Phi) is 7.96. The molecule has 0 aliphatic heterocycles. The van der Waals surface area contributed by atoms with E-state index >= 15 is 0 Å². The Bertz CT molecular complexity index is 954. The summed E-state index contributed by atoms with van der Waals surface area (Å²) in [5.74, 6) is 3.10. The van der Waals surface area contributed by atoms with Gasteiger partial charge in [0.15, 0.2) is 0 Å². The highest BCUT2D eigenvalue weighted by molar-refractivity contribution is 5.51. The number of ether oxygens (including phenoxy) is 1. The van der Waals surface area contributed by atoms with Gasteiger partial charge in [-0.25, -0.2) is 0 Å². The molecule has 1 heteroatoms. The topological polar surface area (TPSA) is 9.23 Å². The zero-order valence-corrected chi connectivity index (χ0v) is 19.2. The fourth-order valence-corrected chi connectivity index (χ4v) is 5.27. The molecule has 2 aliphatic carbocycles. The molecule has 1 fully saturated rings. The molecule has 2 aromatic carbocycles. The molecule has 0 radical (unpaired) electrons. The van der Waals surface area contributed by atoms with Crippen LogP contribution < -0.4 is 10.4 Å². The highest BCUT2D eigenvalue weighted by Gasteiger charge is 2.40. The summed E-state index contributed by atoms with van der Waals surface area (Å²) in [4.78, 5) is 0. The van der Waals surface area contributed by atoms with Crippen LogP contribution in [0.25, 0.3) is 12.3 Å². The van der Waals surface area contributed by atoms with Crippen LogP contribution in [0.4, 0.5) is 0 Å². The number of hydrogen-bond donors (Lipinski definition) is 0. The van der Waals surface area contributed by atoms with Crippen molar-refractivity contribution < 1.29 is 4.74 Å². The summed E-state index contributed by atoms with van der Waals surface area (Å²) < 4.78 is 6.84. The van der Waals surface area contributed by atoms with Crippen molar-refractivity contribution in [2.45, 2.75) is 65.9 Å². The first-order valence-electron chi connectivity index (χ1n) is 11.8. The Morgan fingerprint density at radius 2 is 1.77 bits per heavy atom. The summed E-state index contributed by atoms with van der Waals surface area (Å²) in [6.07, 6.45) is 10.9. The van der Waals surface area contributed by atoms with Gasteiger partial charge in [0, 0.05) is 11.1 Å². The average Bonchev–Trinajstić information content (AvgIpc) is 3.14. The van der Waals surface area contributed by atoms with Gasteiger partial charge in [0.25, 0.3) is 0 Å². The summed E-state index contributed by atoms with van der Waals surface area (Å²) in [6, 6.07) is 17.2. The van der Waals surface area contributed by atoms with Crippen LogP contribution in [-0.4, -0.2) is 0 Å². The number of rotatable bonds is 4. The largest absolute Gasteiger partial charge is 0.485 e. The lowest BCUT2D eigenvalue weighted by molar-refractivity contribution is 0.0615. The van der Waals surface area contributed by atoms with Gasteiger partial charge in [-0.3, -0.25) is 0 Å². The molecule has 1 nitrogen and oxygen atoms in total. The maximum absolute atomic E-state index is 6.84. The molecule has 4 atom stereocenters. The van der Waals surface area contributed by atoms with Crippen LogP contribution in [0.1, 0.15) is 70.6 Å². The summed E-state index contributed by atoms with van der Waals surface area (Å²) in [6.45, 7) is 12.7. The number of benzene rings is 2. The standard InChI is InChI=1S/C27H32O.C2H6/c1-4-10-26(23-15-7-5-12-20(23)3)28-27-24-16-8-6-13-22(24)18-25(27)21-14-9-11-19(2)17-21;1-2/h4-8,10,12-13,15-16,19,21,25,27H,3,9,11,14,17-18H2,1-2H3;1-2H3/b10-4-,26-23+;/t19-,21?,25+,27-;/m1./s1. The van der Waals surface area contributed by atoms with E-state index in [2.05, 4.69) is 75.0 Å². The lowest BCUT2D eigenvalue weighted by Crippen LogP contribution is -2.29. The van der Waals surface area contributed by atoms with Gasteiger partial charge in [-0.05, 0) is 54.0 Å². The van der Waals surface area contributed by atoms with E-state index in [1.165, 1.54) is 36.8 Å². The average molecular weight is 403 g/mol. The third-order valence-corrected chi connectivity index (χ3v) is 6.64. The maximum atomic E-state index is 6.84. The minimum Gasteiger partial charge on any atom is -0.485 e. The molecule has 0 heterocycles. The van der Waals surface area contributed by atoms with Crippen LogP contribution in [0.5, 0.6) is 0 Å². The fraction of sp³-hybridized carbons (Fsp3) is 0.448. The minimum atomic E-state index is 0.136. The van der Waals surface area contributed by atoms with Crippen molar-refractivity contribution >= 4 is 12.3 Å². The lowest BCUT2D eigenvalue weighted by atomic mass is 9.74. The van der Waals surface area contributed by atoms with Gasteiger partial charge in [-0.15, -0.1) is 0 Å². The number of allylic oxidation sites excluding steroid dienone is 1. The first-order chi connectivity index (χ1) is 14.7. The lowest BCUT2D eigenvalue weighted by Gasteiger charge is -2.34. The van der Waals surface area contributed by atoms with Crippen LogP contribution in [0, 0.1) is 17.8 Å². The van der Waals surface area contributed by atoms with Gasteiger partial charge in [0.1, 0.15) is 11.9 Å². The molecule has 30 heavy (non-hydrogen) atoms. The summed E-state index contributed by atoms with van der Waals surface area (Å²) >= 11 is 0. The van der Waals surface area contributed by atoms with E-state index < -0.39 is 0 Å². The highest BCUT2D eigenvalue weighted by atomic mass is 16.5. The van der Waals surface area contributed by atoms with Crippen LogP contribution in [-0.2, 0) is 11.2 Å². The van der Waals surface area contributed by atoms with Crippen LogP contribution in [0.15, 0.2) is 60.7 Å². The second-order valence-corrected chi connectivity index (χ2v) is 8.66. The zero-order chi connectivity index (χ0) is 21.5. The Morgan fingerprint density at radius 1 is 1.03 bits per heavy atom. The van der Waals surface area contributed by atoms with E-state index in [0.29, 0.717) is 5.92 Å². The third-order valence-electron chi connectivity index (χ3n) is 6.64. The quantitative estimate of drug-likeness (QED) is 0.562. The molecule has 0 spiro atoms. The molecule has 1 unspecified atom stereocenters. The second kappa shape index (κ2) is 10.7. The van der Waals surface area contributed by atoms with Crippen LogP contribution >= 0.6 is 0 Å². The predicted octanol–water partition coefficient (Wildman–Crippen LogP) is 6.56. The first kappa shape index (κ1) is 22.4. The van der Waals surface area contributed by atoms with Gasteiger partial charge >= 0.3 is 0 Å². The van der Waals surface area contributed by atoms with Gasteiger partial charge < -0.3 is 4.74 Å². The van der Waals surface area contributed by atoms with E-state index in [0.717, 1.165) is 34.5 Å². The van der Waals surface area contributed by atoms with Gasteiger partial charge in [-0.1, -0.05) is 101 Å². The predicted molar refractivity (Wildman–Crippen MR) is 129 cm³/mol. The Labute approximate surface area is 183 Å². The zero-order valence-electron chi connectivity index (χ0n) is 19.2. The van der Waals surface area contributed by atoms with Crippen molar-refractivity contribution in [1.29, 1.82) is 0 Å². The van der Waals surface area contributed by atoms with Crippen molar-refractivity contribution in [1.82, 2.24) is 0 Å². The molecule has 0 amide bonds. The summed E-state index contributed by atoms with van der Waals surface area (Å²) in [7, 11) is 0. The Hall–Kier alpha value is -2.28. The summed E-state index contributed by atoms with van der Waals surface area (Å²) in [5, 5.41) is 2.12. The molecule has 2 aromatic rings. The smallest absolute Gasteiger partial charge is 0.127 e. The fourth-order valence-electron chi connectivity index (χ4n) is 5.27. The molecule has 0 aromatic heterocycles. The van der Waals surface area contributed by atoms with Crippen LogP contribution in [0.3, 0.4) is 0 Å². The first-order valence-corrected chi connectivity index (χ1v) is 11.8. The van der Waals surface area contributed by atoms with Gasteiger partial charge in [0.2, 0.25) is 0 Å². The minimum absolute atomic E-state index is 0.136. The Morgan fingerprint density at radius 3 is 2.50 bits per heavy atom. The van der Waals surface area contributed by atoms with E-state index in [9.17, 15) is 0 Å². The van der Waals surface area contributed by atoms with E-state index in [1.807, 2.05) is 19.9 Å². The number of hydrogen-bond acceptors (Lipinski definition) is 1. The van der Waals surface area contributed by atoms with Crippen molar-refractivity contribution in [3.05, 3.63) is 82.2 Å². The molecule has 4 rings (SSSR count). The Balaban J connectivity index is 0.00000124. The molecule has 1 saturated carbocycles. The molecular formula is C29H38O. The van der Waals surface area contributed by atoms with E-state index in [4.69, 9.17) is 4.74 Å². The van der Waals surface area contributed by atoms with E-state index in [1.54, 1.807) is 0 Å². The van der Waals surface area contributed by atoms with Gasteiger partial charge in [-0.2, -0.15) is 0 Å². The second-order valence-electron chi connectivity index (χ2n) is 8.66. The molecule has 0 N–H and O–H groups in total. The van der Waals surface area contributed by atoms with Crippen molar-refractivity contribution in [2.24, 2.45) is 17.8 Å². The van der Waals surface area contributed by atoms with Gasteiger partial charge in [0.05, 0.1) is 0 Å². The van der Waals surface area contributed by atoms with Crippen LogP contribution in [0.2, 0.25) is 0 Å². The number of fused-ring (bicyclic) bond motifs is 1. The third kappa shape index (κ3) is 4.89. The molecule has 160 valence electrons.